The molecule has 1 spiro atoms. The lowest BCUT2D eigenvalue weighted by Gasteiger charge is -2.33. The van der Waals surface area contributed by atoms with Gasteiger partial charge in [0.25, 0.3) is 0 Å². The van der Waals surface area contributed by atoms with E-state index < -0.39 is 5.72 Å². The Morgan fingerprint density at radius 1 is 1.37 bits per heavy atom. The Bertz CT molecular complexity index is 899. The maximum absolute atomic E-state index is 12.9. The van der Waals surface area contributed by atoms with Gasteiger partial charge in [-0.3, -0.25) is 9.59 Å². The number of ether oxygens (including phenoxy) is 1. The van der Waals surface area contributed by atoms with E-state index in [1.807, 2.05) is 52.4 Å². The molecule has 27 heavy (non-hydrogen) atoms. The molecule has 1 aromatic carbocycles. The smallest absolute Gasteiger partial charge is 0.229 e. The van der Waals surface area contributed by atoms with Crippen molar-refractivity contribution in [2.24, 2.45) is 0 Å². The molecule has 0 bridgehead atoms. The third-order valence-corrected chi connectivity index (χ3v) is 6.78. The number of hydrogen-bond acceptors (Lipinski definition) is 5. The molecule has 2 aromatic rings. The van der Waals surface area contributed by atoms with E-state index in [0.717, 1.165) is 16.3 Å². The Labute approximate surface area is 161 Å². The van der Waals surface area contributed by atoms with E-state index >= 15 is 0 Å². The fraction of sp³-hybridized carbons (Fsp3) is 0.450. The molecule has 2 amide bonds. The summed E-state index contributed by atoms with van der Waals surface area (Å²) < 4.78 is 6.26. The van der Waals surface area contributed by atoms with Crippen LogP contribution < -0.4 is 0 Å². The molecule has 6 nitrogen and oxygen atoms in total. The van der Waals surface area contributed by atoms with Gasteiger partial charge < -0.3 is 14.5 Å². The molecule has 1 aromatic heterocycles. The Hall–Kier alpha value is -2.25. The second kappa shape index (κ2) is 6.14. The highest BCUT2D eigenvalue weighted by Crippen LogP contribution is 2.51. The van der Waals surface area contributed by atoms with Crippen molar-refractivity contribution in [2.45, 2.75) is 44.0 Å². The average molecular weight is 383 g/mol. The molecule has 3 aliphatic heterocycles. The van der Waals surface area contributed by atoms with Gasteiger partial charge in [-0.1, -0.05) is 30.3 Å². The van der Waals surface area contributed by atoms with E-state index in [9.17, 15) is 9.59 Å². The zero-order valence-corrected chi connectivity index (χ0v) is 15.9. The molecular weight excluding hydrogens is 362 g/mol. The second-order valence-electron chi connectivity index (χ2n) is 7.44. The van der Waals surface area contributed by atoms with Crippen molar-refractivity contribution in [1.29, 1.82) is 0 Å². The van der Waals surface area contributed by atoms with Crippen molar-refractivity contribution >= 4 is 23.2 Å². The minimum Gasteiger partial charge on any atom is -0.351 e. The molecule has 3 aliphatic rings. The number of rotatable bonds is 3. The highest BCUT2D eigenvalue weighted by Gasteiger charge is 2.65. The topological polar surface area (TPSA) is 62.7 Å². The minimum atomic E-state index is -0.661. The Morgan fingerprint density at radius 3 is 2.93 bits per heavy atom. The van der Waals surface area contributed by atoms with Crippen LogP contribution in [-0.2, 0) is 20.7 Å². The summed E-state index contributed by atoms with van der Waals surface area (Å²) in [4.78, 5) is 33.9. The van der Waals surface area contributed by atoms with E-state index in [1.54, 1.807) is 11.3 Å². The van der Waals surface area contributed by atoms with Crippen molar-refractivity contribution in [3.05, 3.63) is 52.0 Å². The van der Waals surface area contributed by atoms with Crippen LogP contribution in [0.1, 0.15) is 35.1 Å². The van der Waals surface area contributed by atoms with Gasteiger partial charge in [0.2, 0.25) is 11.8 Å². The van der Waals surface area contributed by atoms with E-state index in [1.165, 1.54) is 0 Å². The summed E-state index contributed by atoms with van der Waals surface area (Å²) in [6.45, 7) is 3.05. The van der Waals surface area contributed by atoms with E-state index in [4.69, 9.17) is 4.74 Å². The lowest BCUT2D eigenvalue weighted by Crippen LogP contribution is -2.49. The van der Waals surface area contributed by atoms with Crippen molar-refractivity contribution in [3.8, 4) is 0 Å². The number of carbonyl (C=O) groups is 2. The summed E-state index contributed by atoms with van der Waals surface area (Å²) in [6.07, 6.45) is 1.30. The predicted molar refractivity (Wildman–Crippen MR) is 100 cm³/mol. The Kier molecular flexibility index (Phi) is 3.84. The third-order valence-electron chi connectivity index (χ3n) is 5.96. The largest absolute Gasteiger partial charge is 0.351 e. The zero-order valence-electron chi connectivity index (χ0n) is 15.1. The first-order valence-corrected chi connectivity index (χ1v) is 10.2. The maximum Gasteiger partial charge on any atom is 0.229 e. The number of benzene rings is 1. The summed E-state index contributed by atoms with van der Waals surface area (Å²) in [7, 11) is 0. The van der Waals surface area contributed by atoms with Crippen LogP contribution in [0.4, 0.5) is 0 Å². The summed E-state index contributed by atoms with van der Waals surface area (Å²) in [5.41, 5.74) is 1.23. The van der Waals surface area contributed by atoms with Crippen molar-refractivity contribution < 1.29 is 14.3 Å². The molecule has 0 saturated carbocycles. The fourth-order valence-corrected chi connectivity index (χ4v) is 5.42. The molecule has 7 heteroatoms. The minimum absolute atomic E-state index is 0.0311. The van der Waals surface area contributed by atoms with E-state index in [0.29, 0.717) is 26.0 Å². The van der Waals surface area contributed by atoms with E-state index in [2.05, 4.69) is 4.98 Å². The molecule has 0 unspecified atom stereocenters. The van der Waals surface area contributed by atoms with Gasteiger partial charge >= 0.3 is 0 Å². The van der Waals surface area contributed by atoms with Crippen LogP contribution in [0.3, 0.4) is 0 Å². The molecular formula is C20H21N3O3S. The van der Waals surface area contributed by atoms with Crippen LogP contribution in [0.25, 0.3) is 0 Å². The molecule has 0 radical (unpaired) electrons. The lowest BCUT2D eigenvalue weighted by atomic mass is 10.0. The van der Waals surface area contributed by atoms with Crippen LogP contribution in [0.15, 0.2) is 35.7 Å². The molecule has 0 aliphatic carbocycles. The quantitative estimate of drug-likeness (QED) is 0.816. The maximum atomic E-state index is 12.9. The third kappa shape index (κ3) is 2.52. The summed E-state index contributed by atoms with van der Waals surface area (Å²) >= 11 is 1.55. The number of aryl methyl sites for hydroxylation is 1. The van der Waals surface area contributed by atoms with Crippen LogP contribution >= 0.6 is 11.3 Å². The van der Waals surface area contributed by atoms with Gasteiger partial charge in [0, 0.05) is 18.3 Å². The number of amides is 2. The number of thiazole rings is 1. The number of aromatic nitrogens is 1. The van der Waals surface area contributed by atoms with Gasteiger partial charge in [-0.2, -0.15) is 0 Å². The molecule has 5 rings (SSSR count). The summed E-state index contributed by atoms with van der Waals surface area (Å²) in [5.74, 6) is 0.108. The lowest BCUT2D eigenvalue weighted by molar-refractivity contribution is -0.141. The molecule has 140 valence electrons. The molecule has 3 saturated heterocycles. The SMILES string of the molecule is Cc1nc(CC(=O)N2CC[C@@]34OC[C@@H](c5ccccc5)N3C(=O)C[C@@H]24)cs1. The number of likely N-dealkylation sites (tertiary alicyclic amines) is 1. The van der Waals surface area contributed by atoms with Gasteiger partial charge in [0.1, 0.15) is 0 Å². The van der Waals surface area contributed by atoms with Gasteiger partial charge in [0.05, 0.1) is 42.2 Å². The fourth-order valence-electron chi connectivity index (χ4n) is 4.81. The summed E-state index contributed by atoms with van der Waals surface area (Å²) in [5, 5.41) is 2.89. The van der Waals surface area contributed by atoms with Crippen LogP contribution in [0.5, 0.6) is 0 Å². The van der Waals surface area contributed by atoms with Gasteiger partial charge in [-0.15, -0.1) is 11.3 Å². The monoisotopic (exact) mass is 383 g/mol. The average Bonchev–Trinajstić information content (AvgIpc) is 3.38. The van der Waals surface area contributed by atoms with Crippen molar-refractivity contribution in [2.75, 3.05) is 13.2 Å². The number of carbonyl (C=O) groups excluding carboxylic acids is 2. The van der Waals surface area contributed by atoms with Crippen molar-refractivity contribution in [3.63, 3.8) is 0 Å². The number of hydrogen-bond donors (Lipinski definition) is 0. The molecule has 0 N–H and O–H groups in total. The van der Waals surface area contributed by atoms with Crippen LogP contribution in [-0.4, -0.2) is 51.5 Å². The Morgan fingerprint density at radius 2 is 2.19 bits per heavy atom. The first-order chi connectivity index (χ1) is 13.1. The van der Waals surface area contributed by atoms with Gasteiger partial charge in [0.15, 0.2) is 5.72 Å². The normalized spacial score (nSPS) is 29.3. The van der Waals surface area contributed by atoms with Crippen LogP contribution in [0, 0.1) is 6.92 Å². The summed E-state index contributed by atoms with van der Waals surface area (Å²) in [6, 6.07) is 9.74. The molecule has 3 atom stereocenters. The molecule has 3 fully saturated rings. The van der Waals surface area contributed by atoms with Gasteiger partial charge in [-0.25, -0.2) is 4.98 Å². The van der Waals surface area contributed by atoms with Gasteiger partial charge in [-0.05, 0) is 12.5 Å². The van der Waals surface area contributed by atoms with E-state index in [-0.39, 0.29) is 30.3 Å². The zero-order chi connectivity index (χ0) is 18.6. The van der Waals surface area contributed by atoms with Crippen LogP contribution in [0.2, 0.25) is 0 Å². The Balaban J connectivity index is 1.40. The second-order valence-corrected chi connectivity index (χ2v) is 8.50. The number of nitrogens with zero attached hydrogens (tertiary/aromatic N) is 3. The predicted octanol–water partition coefficient (Wildman–Crippen LogP) is 2.30. The highest BCUT2D eigenvalue weighted by atomic mass is 32.1. The van der Waals surface area contributed by atoms with Crippen molar-refractivity contribution in [1.82, 2.24) is 14.8 Å². The highest BCUT2D eigenvalue weighted by molar-refractivity contribution is 7.09. The first-order valence-electron chi connectivity index (χ1n) is 9.30. The first kappa shape index (κ1) is 16.9. The standard InChI is InChI=1S/C20H21N3O3S/c1-13-21-15(12-27-13)9-18(24)22-8-7-20-17(22)10-19(25)23(20)16(11-26-20)14-5-3-2-4-6-14/h2-6,12,16-17H,7-11H2,1H3/t16-,17+,20-/m0/s1. The molecule has 4 heterocycles.